The molecule has 28 heavy (non-hydrogen) atoms. The summed E-state index contributed by atoms with van der Waals surface area (Å²) in [5.41, 5.74) is 4.36. The van der Waals surface area contributed by atoms with Gasteiger partial charge in [0.1, 0.15) is 11.3 Å². The highest BCUT2D eigenvalue weighted by Gasteiger charge is 2.23. The smallest absolute Gasteiger partial charge is 0.341 e. The van der Waals surface area contributed by atoms with Crippen molar-refractivity contribution >= 4 is 17.9 Å². The number of phenolic OH excluding ortho intramolecular Hbond substituents is 1. The molecule has 1 N–H and O–H groups in total. The Labute approximate surface area is 164 Å². The van der Waals surface area contributed by atoms with Gasteiger partial charge < -0.3 is 9.84 Å². The molecule has 0 saturated heterocycles. The van der Waals surface area contributed by atoms with E-state index in [2.05, 4.69) is 10.1 Å². The number of aromatic nitrogens is 2. The van der Waals surface area contributed by atoms with E-state index in [1.807, 2.05) is 44.2 Å². The number of esters is 1. The molecule has 0 aliphatic rings. The van der Waals surface area contributed by atoms with Gasteiger partial charge in [0.25, 0.3) is 0 Å². The molecule has 144 valence electrons. The van der Waals surface area contributed by atoms with E-state index in [0.29, 0.717) is 24.0 Å². The second-order valence-corrected chi connectivity index (χ2v) is 6.21. The number of hydrogen-bond donors (Lipinski definition) is 1. The molecular formula is C22H23N3O3. The fourth-order valence-electron chi connectivity index (χ4n) is 3.05. The number of carbonyl (C=O) groups is 1. The fraction of sp³-hybridized carbons (Fsp3) is 0.227. The first kappa shape index (κ1) is 19.4. The van der Waals surface area contributed by atoms with E-state index >= 15 is 0 Å². The molecule has 1 aromatic heterocycles. The number of rotatable bonds is 6. The molecule has 3 aromatic rings. The first-order valence-corrected chi connectivity index (χ1v) is 9.20. The average molecular weight is 377 g/mol. The summed E-state index contributed by atoms with van der Waals surface area (Å²) in [4.78, 5) is 16.6. The number of hydrogen-bond acceptors (Lipinski definition) is 5. The number of aliphatic imine (C=N–C) groups is 1. The lowest BCUT2D eigenvalue weighted by molar-refractivity contribution is 0.0598. The molecule has 6 heteroatoms. The normalized spacial score (nSPS) is 11.1. The number of methoxy groups -OCH3 is 1. The Hall–Kier alpha value is -3.41. The van der Waals surface area contributed by atoms with Crippen LogP contribution < -0.4 is 0 Å². The molecule has 6 nitrogen and oxygen atoms in total. The quantitative estimate of drug-likeness (QED) is 0.515. The Kier molecular flexibility index (Phi) is 5.89. The SMILES string of the molecule is CCc1nn(-c2ccc(N=Cc3ccccc3O)cc2)c(CC)c1C(=O)OC. The molecule has 0 aliphatic heterocycles. The van der Waals surface area contributed by atoms with E-state index < -0.39 is 0 Å². The fourth-order valence-corrected chi connectivity index (χ4v) is 3.05. The summed E-state index contributed by atoms with van der Waals surface area (Å²) in [7, 11) is 1.38. The second-order valence-electron chi connectivity index (χ2n) is 6.21. The van der Waals surface area contributed by atoms with E-state index in [9.17, 15) is 9.90 Å². The highest BCUT2D eigenvalue weighted by atomic mass is 16.5. The number of aryl methyl sites for hydroxylation is 1. The summed E-state index contributed by atoms with van der Waals surface area (Å²) in [6.45, 7) is 3.96. The summed E-state index contributed by atoms with van der Waals surface area (Å²) in [5, 5.41) is 14.4. The summed E-state index contributed by atoms with van der Waals surface area (Å²) < 4.78 is 6.73. The molecule has 0 saturated carbocycles. The van der Waals surface area contributed by atoms with Crippen LogP contribution in [0.5, 0.6) is 5.75 Å². The number of aromatic hydroxyl groups is 1. The molecule has 0 radical (unpaired) electrons. The van der Waals surface area contributed by atoms with Crippen LogP contribution in [0, 0.1) is 0 Å². The molecule has 0 aliphatic carbocycles. The molecule has 0 fully saturated rings. The van der Waals surface area contributed by atoms with Crippen LogP contribution in [0.4, 0.5) is 5.69 Å². The monoisotopic (exact) mass is 377 g/mol. The first-order valence-electron chi connectivity index (χ1n) is 9.20. The lowest BCUT2D eigenvalue weighted by Gasteiger charge is -2.07. The van der Waals surface area contributed by atoms with Gasteiger partial charge in [-0.3, -0.25) is 4.99 Å². The predicted molar refractivity (Wildman–Crippen MR) is 109 cm³/mol. The maximum absolute atomic E-state index is 12.2. The van der Waals surface area contributed by atoms with Gasteiger partial charge in [0.05, 0.1) is 29.9 Å². The summed E-state index contributed by atoms with van der Waals surface area (Å²) >= 11 is 0. The third kappa shape index (κ3) is 3.81. The van der Waals surface area contributed by atoms with Crippen LogP contribution in [0.1, 0.15) is 41.2 Å². The second kappa shape index (κ2) is 8.52. The van der Waals surface area contributed by atoms with Crippen molar-refractivity contribution < 1.29 is 14.6 Å². The van der Waals surface area contributed by atoms with E-state index in [1.165, 1.54) is 7.11 Å². The molecule has 0 unspecified atom stereocenters. The summed E-state index contributed by atoms with van der Waals surface area (Å²) in [5.74, 6) is -0.168. The van der Waals surface area contributed by atoms with Crippen molar-refractivity contribution in [3.8, 4) is 11.4 Å². The van der Waals surface area contributed by atoms with Gasteiger partial charge in [0, 0.05) is 11.8 Å². The highest BCUT2D eigenvalue weighted by Crippen LogP contribution is 2.23. The maximum atomic E-state index is 12.2. The van der Waals surface area contributed by atoms with E-state index in [0.717, 1.165) is 22.8 Å². The molecule has 0 bridgehead atoms. The molecule has 0 spiro atoms. The Morgan fingerprint density at radius 2 is 1.86 bits per heavy atom. The Balaban J connectivity index is 1.92. The maximum Gasteiger partial charge on any atom is 0.341 e. The van der Waals surface area contributed by atoms with Crippen molar-refractivity contribution in [2.75, 3.05) is 7.11 Å². The van der Waals surface area contributed by atoms with Gasteiger partial charge in [-0.25, -0.2) is 9.48 Å². The van der Waals surface area contributed by atoms with Crippen molar-refractivity contribution in [1.82, 2.24) is 9.78 Å². The zero-order valence-electron chi connectivity index (χ0n) is 16.2. The number of carbonyl (C=O) groups excluding carboxylic acids is 1. The minimum absolute atomic E-state index is 0.189. The predicted octanol–water partition coefficient (Wildman–Crippen LogP) is 4.24. The number of benzene rings is 2. The van der Waals surface area contributed by atoms with Crippen molar-refractivity contribution in [2.24, 2.45) is 4.99 Å². The van der Waals surface area contributed by atoms with Crippen molar-refractivity contribution in [2.45, 2.75) is 26.7 Å². The van der Waals surface area contributed by atoms with Crippen LogP contribution in [-0.2, 0) is 17.6 Å². The zero-order valence-corrected chi connectivity index (χ0v) is 16.2. The summed E-state index contributed by atoms with van der Waals surface area (Å²) in [6.07, 6.45) is 2.93. The average Bonchev–Trinajstić information content (AvgIpc) is 3.11. The van der Waals surface area contributed by atoms with Gasteiger partial charge in [-0.05, 0) is 49.2 Å². The highest BCUT2D eigenvalue weighted by molar-refractivity contribution is 5.92. The number of ether oxygens (including phenoxy) is 1. The van der Waals surface area contributed by atoms with E-state index in [-0.39, 0.29) is 11.7 Å². The summed E-state index contributed by atoms with van der Waals surface area (Å²) in [6, 6.07) is 14.6. The van der Waals surface area contributed by atoms with Crippen LogP contribution >= 0.6 is 0 Å². The molecule has 0 atom stereocenters. The van der Waals surface area contributed by atoms with Gasteiger partial charge in [0.2, 0.25) is 0 Å². The van der Waals surface area contributed by atoms with Gasteiger partial charge in [-0.15, -0.1) is 0 Å². The molecule has 2 aromatic carbocycles. The Morgan fingerprint density at radius 1 is 1.14 bits per heavy atom. The van der Waals surface area contributed by atoms with Crippen molar-refractivity contribution in [1.29, 1.82) is 0 Å². The number of para-hydroxylation sites is 1. The van der Waals surface area contributed by atoms with Gasteiger partial charge in [-0.1, -0.05) is 26.0 Å². The lowest BCUT2D eigenvalue weighted by atomic mass is 10.1. The van der Waals surface area contributed by atoms with Gasteiger partial charge in [-0.2, -0.15) is 5.10 Å². The minimum Gasteiger partial charge on any atom is -0.507 e. The number of nitrogens with zero attached hydrogens (tertiary/aromatic N) is 3. The minimum atomic E-state index is -0.358. The van der Waals surface area contributed by atoms with E-state index in [4.69, 9.17) is 4.74 Å². The molecule has 3 rings (SSSR count). The van der Waals surface area contributed by atoms with Gasteiger partial charge in [0.15, 0.2) is 0 Å². The molecular weight excluding hydrogens is 354 g/mol. The van der Waals surface area contributed by atoms with Crippen LogP contribution in [0.25, 0.3) is 5.69 Å². The van der Waals surface area contributed by atoms with Crippen LogP contribution in [0.2, 0.25) is 0 Å². The zero-order chi connectivity index (χ0) is 20.1. The third-order valence-corrected chi connectivity index (χ3v) is 4.50. The largest absolute Gasteiger partial charge is 0.507 e. The van der Waals surface area contributed by atoms with Crippen LogP contribution in [0.3, 0.4) is 0 Å². The van der Waals surface area contributed by atoms with E-state index in [1.54, 1.807) is 29.1 Å². The first-order chi connectivity index (χ1) is 13.6. The van der Waals surface area contributed by atoms with Crippen molar-refractivity contribution in [3.63, 3.8) is 0 Å². The lowest BCUT2D eigenvalue weighted by Crippen LogP contribution is -2.08. The number of phenols is 1. The van der Waals surface area contributed by atoms with Crippen LogP contribution in [-0.4, -0.2) is 34.2 Å². The topological polar surface area (TPSA) is 76.7 Å². The van der Waals surface area contributed by atoms with Crippen molar-refractivity contribution in [3.05, 3.63) is 71.0 Å². The Bertz CT molecular complexity index is 1000. The Morgan fingerprint density at radius 3 is 2.46 bits per heavy atom. The van der Waals surface area contributed by atoms with Gasteiger partial charge >= 0.3 is 5.97 Å². The van der Waals surface area contributed by atoms with Crippen LogP contribution in [0.15, 0.2) is 53.5 Å². The molecule has 1 heterocycles. The third-order valence-electron chi connectivity index (χ3n) is 4.50. The molecule has 0 amide bonds. The standard InChI is InChI=1S/C22H23N3O3/c1-4-18-21(22(27)28-3)19(5-2)25(24-18)17-12-10-16(11-13-17)23-14-15-8-6-7-9-20(15)26/h6-14,26H,4-5H2,1-3H3.